The molecular weight excluding hydrogens is 208 g/mol. The first-order chi connectivity index (χ1) is 8.06. The van der Waals surface area contributed by atoms with Gasteiger partial charge in [-0.05, 0) is 31.0 Å². The summed E-state index contributed by atoms with van der Waals surface area (Å²) in [6.45, 7) is 15.4. The predicted molar refractivity (Wildman–Crippen MR) is 80.9 cm³/mol. The van der Waals surface area contributed by atoms with Crippen LogP contribution in [0.4, 0.5) is 5.69 Å². The van der Waals surface area contributed by atoms with E-state index >= 15 is 0 Å². The molecule has 2 nitrogen and oxygen atoms in total. The molecule has 2 heteroatoms. The monoisotopic (exact) mass is 234 g/mol. The Bertz CT molecular complexity index is 365. The largest absolute Gasteiger partial charge is 0.398 e. The zero-order valence-corrected chi connectivity index (χ0v) is 12.0. The SMILES string of the molecule is C=Cc1cc(C)cc(N)c1C(C)=N.CC.CC. The molecule has 1 aromatic rings. The molecule has 0 aromatic heterocycles. The molecule has 0 bridgehead atoms. The number of hydrogen-bond donors (Lipinski definition) is 2. The maximum Gasteiger partial charge on any atom is 0.0414 e. The fourth-order valence-corrected chi connectivity index (χ4v) is 1.44. The van der Waals surface area contributed by atoms with Crippen molar-refractivity contribution >= 4 is 17.5 Å². The van der Waals surface area contributed by atoms with Crippen molar-refractivity contribution in [2.24, 2.45) is 0 Å². The lowest BCUT2D eigenvalue weighted by atomic mass is 9.99. The van der Waals surface area contributed by atoms with Crippen LogP contribution in [0, 0.1) is 12.3 Å². The van der Waals surface area contributed by atoms with E-state index in [4.69, 9.17) is 11.1 Å². The normalized spacial score (nSPS) is 8.12. The van der Waals surface area contributed by atoms with Crippen molar-refractivity contribution in [3.8, 4) is 0 Å². The van der Waals surface area contributed by atoms with Crippen LogP contribution in [-0.2, 0) is 0 Å². The average molecular weight is 234 g/mol. The van der Waals surface area contributed by atoms with Crippen molar-refractivity contribution in [1.82, 2.24) is 0 Å². The summed E-state index contributed by atoms with van der Waals surface area (Å²) in [7, 11) is 0. The Morgan fingerprint density at radius 1 is 1.24 bits per heavy atom. The molecule has 0 aliphatic rings. The molecule has 0 saturated heterocycles. The van der Waals surface area contributed by atoms with Crippen LogP contribution < -0.4 is 5.73 Å². The van der Waals surface area contributed by atoms with E-state index < -0.39 is 0 Å². The van der Waals surface area contributed by atoms with Crippen LogP contribution in [-0.4, -0.2) is 5.71 Å². The van der Waals surface area contributed by atoms with E-state index in [0.29, 0.717) is 11.4 Å². The summed E-state index contributed by atoms with van der Waals surface area (Å²) < 4.78 is 0. The van der Waals surface area contributed by atoms with Crippen molar-refractivity contribution in [3.05, 3.63) is 35.4 Å². The van der Waals surface area contributed by atoms with Gasteiger partial charge in [0.15, 0.2) is 0 Å². The van der Waals surface area contributed by atoms with Crippen molar-refractivity contribution in [1.29, 1.82) is 5.41 Å². The molecule has 3 N–H and O–H groups in total. The van der Waals surface area contributed by atoms with Gasteiger partial charge in [0.05, 0.1) is 0 Å². The number of rotatable bonds is 2. The number of aryl methyl sites for hydroxylation is 1. The Morgan fingerprint density at radius 3 is 2.06 bits per heavy atom. The fourth-order valence-electron chi connectivity index (χ4n) is 1.44. The van der Waals surface area contributed by atoms with Gasteiger partial charge in [0, 0.05) is 17.0 Å². The Morgan fingerprint density at radius 2 is 1.71 bits per heavy atom. The topological polar surface area (TPSA) is 49.9 Å². The molecule has 0 radical (unpaired) electrons. The summed E-state index contributed by atoms with van der Waals surface area (Å²) in [5, 5.41) is 7.56. The maximum absolute atomic E-state index is 7.56. The minimum absolute atomic E-state index is 0.479. The number of hydrogen-bond acceptors (Lipinski definition) is 2. The van der Waals surface area contributed by atoms with E-state index in [-0.39, 0.29) is 0 Å². The molecule has 0 amide bonds. The lowest BCUT2D eigenvalue weighted by Crippen LogP contribution is -2.03. The molecule has 0 aliphatic carbocycles. The van der Waals surface area contributed by atoms with Gasteiger partial charge in [0.25, 0.3) is 0 Å². The van der Waals surface area contributed by atoms with Crippen LogP contribution in [0.25, 0.3) is 6.08 Å². The summed E-state index contributed by atoms with van der Waals surface area (Å²) >= 11 is 0. The molecule has 17 heavy (non-hydrogen) atoms. The number of nitrogens with one attached hydrogen (secondary N) is 1. The quantitative estimate of drug-likeness (QED) is 0.567. The van der Waals surface area contributed by atoms with Crippen molar-refractivity contribution in [3.63, 3.8) is 0 Å². The summed E-state index contributed by atoms with van der Waals surface area (Å²) in [5.41, 5.74) is 9.77. The van der Waals surface area contributed by atoms with Gasteiger partial charge in [-0.1, -0.05) is 46.4 Å². The van der Waals surface area contributed by atoms with Crippen LogP contribution in [0.15, 0.2) is 18.7 Å². The van der Waals surface area contributed by atoms with E-state index in [0.717, 1.165) is 16.7 Å². The molecule has 96 valence electrons. The molecular formula is C15H26N2. The van der Waals surface area contributed by atoms with Gasteiger partial charge in [-0.25, -0.2) is 0 Å². The molecule has 1 rings (SSSR count). The van der Waals surface area contributed by atoms with Crippen LogP contribution >= 0.6 is 0 Å². The summed E-state index contributed by atoms with van der Waals surface area (Å²) in [6, 6.07) is 3.86. The summed E-state index contributed by atoms with van der Waals surface area (Å²) in [4.78, 5) is 0. The fraction of sp³-hybridized carbons (Fsp3) is 0.400. The van der Waals surface area contributed by atoms with Gasteiger partial charge in [-0.3, -0.25) is 0 Å². The van der Waals surface area contributed by atoms with E-state index in [9.17, 15) is 0 Å². The minimum atomic E-state index is 0.479. The van der Waals surface area contributed by atoms with E-state index in [1.807, 2.05) is 46.8 Å². The Hall–Kier alpha value is -1.57. The first-order valence-electron chi connectivity index (χ1n) is 6.14. The summed E-state index contributed by atoms with van der Waals surface area (Å²) in [5.74, 6) is 0. The summed E-state index contributed by atoms with van der Waals surface area (Å²) in [6.07, 6.45) is 1.73. The van der Waals surface area contributed by atoms with Gasteiger partial charge in [-0.2, -0.15) is 0 Å². The van der Waals surface area contributed by atoms with Crippen molar-refractivity contribution in [2.45, 2.75) is 41.5 Å². The van der Waals surface area contributed by atoms with Gasteiger partial charge in [-0.15, -0.1) is 0 Å². The van der Waals surface area contributed by atoms with Gasteiger partial charge in [0.1, 0.15) is 0 Å². The highest BCUT2D eigenvalue weighted by molar-refractivity contribution is 6.04. The highest BCUT2D eigenvalue weighted by atomic mass is 14.6. The highest BCUT2D eigenvalue weighted by Gasteiger charge is 2.06. The van der Waals surface area contributed by atoms with Crippen LogP contribution in [0.1, 0.15) is 51.3 Å². The van der Waals surface area contributed by atoms with E-state index in [1.54, 1.807) is 13.0 Å². The lowest BCUT2D eigenvalue weighted by Gasteiger charge is -2.09. The third kappa shape index (κ3) is 5.34. The molecule has 1 aromatic carbocycles. The first kappa shape index (κ1) is 17.8. The molecule has 0 atom stereocenters. The average Bonchev–Trinajstić information content (AvgIpc) is 2.32. The lowest BCUT2D eigenvalue weighted by molar-refractivity contribution is 1.40. The molecule has 0 heterocycles. The Labute approximate surface area is 106 Å². The maximum atomic E-state index is 7.56. The van der Waals surface area contributed by atoms with E-state index in [2.05, 4.69) is 6.58 Å². The number of benzene rings is 1. The number of anilines is 1. The van der Waals surface area contributed by atoms with Gasteiger partial charge < -0.3 is 11.1 Å². The number of nitrogens with two attached hydrogens (primary N) is 1. The van der Waals surface area contributed by atoms with E-state index in [1.165, 1.54) is 0 Å². The second-order valence-electron chi connectivity index (χ2n) is 3.15. The third-order valence-electron chi connectivity index (χ3n) is 1.94. The Balaban J connectivity index is 0. The van der Waals surface area contributed by atoms with Gasteiger partial charge >= 0.3 is 0 Å². The van der Waals surface area contributed by atoms with Gasteiger partial charge in [0.2, 0.25) is 0 Å². The van der Waals surface area contributed by atoms with Crippen LogP contribution in [0.3, 0.4) is 0 Å². The zero-order valence-electron chi connectivity index (χ0n) is 12.0. The highest BCUT2D eigenvalue weighted by Crippen LogP contribution is 2.21. The molecule has 0 aliphatic heterocycles. The van der Waals surface area contributed by atoms with Crippen LogP contribution in [0.5, 0.6) is 0 Å². The smallest absolute Gasteiger partial charge is 0.0414 e. The minimum Gasteiger partial charge on any atom is -0.398 e. The Kier molecular flexibility index (Phi) is 10.1. The van der Waals surface area contributed by atoms with Crippen LogP contribution in [0.2, 0.25) is 0 Å². The zero-order chi connectivity index (χ0) is 14.0. The second kappa shape index (κ2) is 9.64. The second-order valence-corrected chi connectivity index (χ2v) is 3.15. The first-order valence-corrected chi connectivity index (χ1v) is 6.14. The molecule has 0 unspecified atom stereocenters. The number of nitrogen functional groups attached to an aromatic ring is 1. The molecule has 0 spiro atoms. The van der Waals surface area contributed by atoms with Crippen molar-refractivity contribution < 1.29 is 0 Å². The predicted octanol–water partition coefficient (Wildman–Crippen LogP) is 4.66. The standard InChI is InChI=1S/C11H14N2.2C2H6/c1-4-9-5-7(2)6-10(13)11(9)8(3)12;2*1-2/h4-6,12H,1,13H2,2-3H3;2*1-2H3. The molecule has 0 saturated carbocycles. The molecule has 0 fully saturated rings. The van der Waals surface area contributed by atoms with Crippen molar-refractivity contribution in [2.75, 3.05) is 5.73 Å². The third-order valence-corrected chi connectivity index (χ3v) is 1.94.